The third-order valence-corrected chi connectivity index (χ3v) is 2.96. The molecule has 0 spiro atoms. The molecule has 2 N–H and O–H groups in total. The molecule has 0 atom stereocenters. The molecule has 4 heteroatoms. The quantitative estimate of drug-likeness (QED) is 0.848. The minimum absolute atomic E-state index is 0.127. The van der Waals surface area contributed by atoms with Gasteiger partial charge in [-0.15, -0.1) is 0 Å². The molecule has 0 saturated carbocycles. The SMILES string of the molecule is CN(Cc1ccc(F)c(F)c1)CC(C)(C)CCN. The second kappa shape index (κ2) is 6.25. The molecule has 0 saturated heterocycles. The van der Waals surface area contributed by atoms with Gasteiger partial charge in [0.05, 0.1) is 0 Å². The highest BCUT2D eigenvalue weighted by Crippen LogP contribution is 2.21. The van der Waals surface area contributed by atoms with Gasteiger partial charge in [-0.05, 0) is 43.1 Å². The predicted molar refractivity (Wildman–Crippen MR) is 70.1 cm³/mol. The van der Waals surface area contributed by atoms with Crippen molar-refractivity contribution in [3.05, 3.63) is 35.4 Å². The Labute approximate surface area is 108 Å². The van der Waals surface area contributed by atoms with E-state index >= 15 is 0 Å². The van der Waals surface area contributed by atoms with Crippen molar-refractivity contribution in [2.24, 2.45) is 11.1 Å². The zero-order chi connectivity index (χ0) is 13.8. The van der Waals surface area contributed by atoms with Crippen LogP contribution in [-0.4, -0.2) is 25.0 Å². The highest BCUT2D eigenvalue weighted by Gasteiger charge is 2.19. The average molecular weight is 256 g/mol. The number of nitrogens with zero attached hydrogens (tertiary/aromatic N) is 1. The summed E-state index contributed by atoms with van der Waals surface area (Å²) < 4.78 is 25.9. The van der Waals surface area contributed by atoms with Crippen LogP contribution in [-0.2, 0) is 6.54 Å². The van der Waals surface area contributed by atoms with Crippen LogP contribution in [0.1, 0.15) is 25.8 Å². The number of nitrogens with two attached hydrogens (primary N) is 1. The van der Waals surface area contributed by atoms with E-state index in [1.54, 1.807) is 6.07 Å². The topological polar surface area (TPSA) is 29.3 Å². The highest BCUT2D eigenvalue weighted by atomic mass is 19.2. The molecule has 0 unspecified atom stereocenters. The minimum atomic E-state index is -0.801. The molecule has 0 radical (unpaired) electrons. The monoisotopic (exact) mass is 256 g/mol. The molecule has 102 valence electrons. The summed E-state index contributed by atoms with van der Waals surface area (Å²) in [5.74, 6) is -1.59. The first-order valence-corrected chi connectivity index (χ1v) is 6.16. The normalized spacial score (nSPS) is 12.2. The molecular weight excluding hydrogens is 234 g/mol. The maximum Gasteiger partial charge on any atom is 0.159 e. The molecular formula is C14H22F2N2. The lowest BCUT2D eigenvalue weighted by Gasteiger charge is -2.30. The van der Waals surface area contributed by atoms with E-state index in [-0.39, 0.29) is 5.41 Å². The Morgan fingerprint density at radius 3 is 2.44 bits per heavy atom. The Balaban J connectivity index is 2.59. The van der Waals surface area contributed by atoms with Crippen LogP contribution < -0.4 is 5.73 Å². The van der Waals surface area contributed by atoms with Crippen LogP contribution in [0.3, 0.4) is 0 Å². The van der Waals surface area contributed by atoms with Crippen LogP contribution in [0.4, 0.5) is 8.78 Å². The molecule has 0 aliphatic heterocycles. The molecule has 2 nitrogen and oxygen atoms in total. The highest BCUT2D eigenvalue weighted by molar-refractivity contribution is 5.17. The van der Waals surface area contributed by atoms with Gasteiger partial charge in [0, 0.05) is 13.1 Å². The summed E-state index contributed by atoms with van der Waals surface area (Å²) in [6.45, 7) is 6.43. The molecule has 0 fully saturated rings. The van der Waals surface area contributed by atoms with E-state index in [1.165, 1.54) is 12.1 Å². The van der Waals surface area contributed by atoms with E-state index in [2.05, 4.69) is 18.7 Å². The summed E-state index contributed by atoms with van der Waals surface area (Å²) in [7, 11) is 1.97. The van der Waals surface area contributed by atoms with Gasteiger partial charge in [0.25, 0.3) is 0 Å². The first kappa shape index (κ1) is 15.1. The van der Waals surface area contributed by atoms with Crippen LogP contribution in [0.25, 0.3) is 0 Å². The van der Waals surface area contributed by atoms with Gasteiger partial charge in [0.2, 0.25) is 0 Å². The van der Waals surface area contributed by atoms with Crippen molar-refractivity contribution in [2.75, 3.05) is 20.1 Å². The van der Waals surface area contributed by atoms with Crippen LogP contribution in [0.5, 0.6) is 0 Å². The minimum Gasteiger partial charge on any atom is -0.330 e. The zero-order valence-corrected chi connectivity index (χ0v) is 11.3. The Morgan fingerprint density at radius 2 is 1.89 bits per heavy atom. The van der Waals surface area contributed by atoms with Gasteiger partial charge in [-0.25, -0.2) is 8.78 Å². The van der Waals surface area contributed by atoms with Gasteiger partial charge in [0.15, 0.2) is 11.6 Å². The lowest BCUT2D eigenvalue weighted by Crippen LogP contribution is -2.32. The number of hydrogen-bond acceptors (Lipinski definition) is 2. The summed E-state index contributed by atoms with van der Waals surface area (Å²) in [5.41, 5.74) is 6.47. The fourth-order valence-corrected chi connectivity index (χ4v) is 2.21. The summed E-state index contributed by atoms with van der Waals surface area (Å²) in [6.07, 6.45) is 0.940. The number of benzene rings is 1. The zero-order valence-electron chi connectivity index (χ0n) is 11.3. The van der Waals surface area contributed by atoms with E-state index in [0.717, 1.165) is 18.5 Å². The average Bonchev–Trinajstić information content (AvgIpc) is 2.22. The smallest absolute Gasteiger partial charge is 0.159 e. The number of rotatable bonds is 6. The Kier molecular flexibility index (Phi) is 5.23. The summed E-state index contributed by atoms with van der Waals surface area (Å²) in [6, 6.07) is 4.04. The summed E-state index contributed by atoms with van der Waals surface area (Å²) in [4.78, 5) is 2.10. The molecule has 1 aromatic carbocycles. The largest absolute Gasteiger partial charge is 0.330 e. The second-order valence-corrected chi connectivity index (χ2v) is 5.62. The molecule has 0 amide bonds. The molecule has 0 bridgehead atoms. The third-order valence-electron chi connectivity index (χ3n) is 2.96. The third kappa shape index (κ3) is 4.70. The van der Waals surface area contributed by atoms with E-state index in [4.69, 9.17) is 5.73 Å². The summed E-state index contributed by atoms with van der Waals surface area (Å²) in [5, 5.41) is 0. The van der Waals surface area contributed by atoms with Crippen molar-refractivity contribution in [3.8, 4) is 0 Å². The molecule has 1 rings (SSSR count). The molecule has 1 aromatic rings. The van der Waals surface area contributed by atoms with E-state index in [0.29, 0.717) is 13.1 Å². The van der Waals surface area contributed by atoms with Crippen LogP contribution in [0.2, 0.25) is 0 Å². The van der Waals surface area contributed by atoms with E-state index in [1.807, 2.05) is 7.05 Å². The summed E-state index contributed by atoms with van der Waals surface area (Å²) >= 11 is 0. The maximum absolute atomic E-state index is 13.1. The second-order valence-electron chi connectivity index (χ2n) is 5.62. The first-order chi connectivity index (χ1) is 8.34. The molecule has 0 aliphatic carbocycles. The van der Waals surface area contributed by atoms with Crippen LogP contribution in [0.15, 0.2) is 18.2 Å². The Hall–Kier alpha value is -1.00. The number of hydrogen-bond donors (Lipinski definition) is 1. The lowest BCUT2D eigenvalue weighted by atomic mass is 9.89. The van der Waals surface area contributed by atoms with Crippen molar-refractivity contribution in [1.29, 1.82) is 0 Å². The fraction of sp³-hybridized carbons (Fsp3) is 0.571. The van der Waals surface area contributed by atoms with E-state index in [9.17, 15) is 8.78 Å². The molecule has 0 heterocycles. The standard InChI is InChI=1S/C14H22F2N2/c1-14(2,6-7-17)10-18(3)9-11-4-5-12(15)13(16)8-11/h4-5,8H,6-7,9-10,17H2,1-3H3. The molecule has 18 heavy (non-hydrogen) atoms. The first-order valence-electron chi connectivity index (χ1n) is 6.16. The van der Waals surface area contributed by atoms with Crippen molar-refractivity contribution in [3.63, 3.8) is 0 Å². The molecule has 0 aliphatic rings. The van der Waals surface area contributed by atoms with Gasteiger partial charge < -0.3 is 10.6 Å². The Morgan fingerprint density at radius 1 is 1.22 bits per heavy atom. The van der Waals surface area contributed by atoms with Gasteiger partial charge in [0.1, 0.15) is 0 Å². The van der Waals surface area contributed by atoms with Crippen molar-refractivity contribution >= 4 is 0 Å². The number of halogens is 2. The van der Waals surface area contributed by atoms with Gasteiger partial charge in [-0.2, -0.15) is 0 Å². The lowest BCUT2D eigenvalue weighted by molar-refractivity contribution is 0.194. The molecule has 0 aromatic heterocycles. The van der Waals surface area contributed by atoms with Gasteiger partial charge >= 0.3 is 0 Å². The van der Waals surface area contributed by atoms with Crippen molar-refractivity contribution < 1.29 is 8.78 Å². The van der Waals surface area contributed by atoms with Crippen molar-refractivity contribution in [2.45, 2.75) is 26.8 Å². The van der Waals surface area contributed by atoms with Crippen LogP contribution >= 0.6 is 0 Å². The fourth-order valence-electron chi connectivity index (χ4n) is 2.21. The van der Waals surface area contributed by atoms with Crippen LogP contribution in [0, 0.1) is 17.0 Å². The van der Waals surface area contributed by atoms with Gasteiger partial charge in [-0.3, -0.25) is 0 Å². The van der Waals surface area contributed by atoms with Crippen molar-refractivity contribution in [1.82, 2.24) is 4.90 Å². The van der Waals surface area contributed by atoms with Gasteiger partial charge in [-0.1, -0.05) is 19.9 Å². The maximum atomic E-state index is 13.1. The predicted octanol–water partition coefficient (Wildman–Crippen LogP) is 2.77. The van der Waals surface area contributed by atoms with E-state index < -0.39 is 11.6 Å². The Bertz CT molecular complexity index is 391.